The molecular formula is C7H4FNO3S. The lowest BCUT2D eigenvalue weighted by Crippen LogP contribution is -2.00. The van der Waals surface area contributed by atoms with Crippen LogP contribution in [0.25, 0.3) is 0 Å². The highest BCUT2D eigenvalue weighted by molar-refractivity contribution is 7.74. The molecular weight excluding hydrogens is 197 g/mol. The van der Waals surface area contributed by atoms with Crippen LogP contribution in [0, 0.1) is 17.1 Å². The number of benzene rings is 1. The van der Waals surface area contributed by atoms with E-state index in [0.29, 0.717) is 0 Å². The summed E-state index contributed by atoms with van der Waals surface area (Å²) < 4.78 is 35.6. The Labute approximate surface area is 76.1 Å². The van der Waals surface area contributed by atoms with Crippen LogP contribution < -0.4 is 4.18 Å². The third-order valence-electron chi connectivity index (χ3n) is 1.25. The van der Waals surface area contributed by atoms with Crippen LogP contribution in [-0.2, 0) is 11.4 Å². The summed E-state index contributed by atoms with van der Waals surface area (Å²) in [6.07, 6.45) is 0. The lowest BCUT2D eigenvalue weighted by Gasteiger charge is -2.01. The molecule has 1 aromatic carbocycles. The molecule has 68 valence electrons. The van der Waals surface area contributed by atoms with Gasteiger partial charge in [-0.25, -0.2) is 4.39 Å². The fraction of sp³-hybridized carbons (Fsp3) is 0. The van der Waals surface area contributed by atoms with Gasteiger partial charge in [-0.2, -0.15) is 9.47 Å². The first-order chi connectivity index (χ1) is 6.15. The van der Waals surface area contributed by atoms with Gasteiger partial charge in [0, 0.05) is 0 Å². The van der Waals surface area contributed by atoms with E-state index >= 15 is 0 Å². The third-order valence-corrected chi connectivity index (χ3v) is 1.57. The second-order valence-electron chi connectivity index (χ2n) is 2.03. The van der Waals surface area contributed by atoms with E-state index in [9.17, 15) is 8.60 Å². The predicted molar refractivity (Wildman–Crippen MR) is 42.5 cm³/mol. The van der Waals surface area contributed by atoms with Crippen molar-refractivity contribution in [3.8, 4) is 11.8 Å². The van der Waals surface area contributed by atoms with E-state index in [1.54, 1.807) is 0 Å². The fourth-order valence-electron chi connectivity index (χ4n) is 0.759. The summed E-state index contributed by atoms with van der Waals surface area (Å²) in [7, 11) is 0. The van der Waals surface area contributed by atoms with Gasteiger partial charge in [-0.3, -0.25) is 4.55 Å². The Kier molecular flexibility index (Phi) is 2.95. The van der Waals surface area contributed by atoms with Crippen LogP contribution in [0.2, 0.25) is 0 Å². The summed E-state index contributed by atoms with van der Waals surface area (Å²) in [5.41, 5.74) is -0.384. The second kappa shape index (κ2) is 3.98. The average molecular weight is 201 g/mol. The van der Waals surface area contributed by atoms with Crippen molar-refractivity contribution in [2.45, 2.75) is 0 Å². The van der Waals surface area contributed by atoms with E-state index in [2.05, 4.69) is 4.18 Å². The summed E-state index contributed by atoms with van der Waals surface area (Å²) in [6.45, 7) is 0. The molecule has 13 heavy (non-hydrogen) atoms. The summed E-state index contributed by atoms with van der Waals surface area (Å²) in [4.78, 5) is 0. The second-order valence-corrected chi connectivity index (χ2v) is 2.63. The number of hydrogen-bond donors (Lipinski definition) is 1. The van der Waals surface area contributed by atoms with Crippen molar-refractivity contribution in [2.24, 2.45) is 0 Å². The highest BCUT2D eigenvalue weighted by Gasteiger charge is 2.10. The predicted octanol–water partition coefficient (Wildman–Crippen LogP) is 1.21. The molecule has 0 bridgehead atoms. The molecule has 6 heteroatoms. The van der Waals surface area contributed by atoms with E-state index < -0.39 is 17.2 Å². The van der Waals surface area contributed by atoms with Gasteiger partial charge in [-0.15, -0.1) is 0 Å². The molecule has 0 amide bonds. The molecule has 0 heterocycles. The van der Waals surface area contributed by atoms with E-state index in [-0.39, 0.29) is 11.3 Å². The van der Waals surface area contributed by atoms with Crippen molar-refractivity contribution < 1.29 is 17.3 Å². The van der Waals surface area contributed by atoms with Gasteiger partial charge in [0.05, 0.1) is 0 Å². The highest BCUT2D eigenvalue weighted by Crippen LogP contribution is 2.20. The lowest BCUT2D eigenvalue weighted by atomic mass is 10.2. The Morgan fingerprint density at radius 1 is 1.62 bits per heavy atom. The molecule has 1 rings (SSSR count). The molecule has 1 N–H and O–H groups in total. The van der Waals surface area contributed by atoms with Gasteiger partial charge < -0.3 is 4.18 Å². The van der Waals surface area contributed by atoms with Crippen molar-refractivity contribution in [3.63, 3.8) is 0 Å². The summed E-state index contributed by atoms with van der Waals surface area (Å²) in [5, 5.41) is 8.46. The van der Waals surface area contributed by atoms with E-state index in [4.69, 9.17) is 9.81 Å². The van der Waals surface area contributed by atoms with Crippen molar-refractivity contribution >= 4 is 11.4 Å². The molecule has 0 fully saturated rings. The summed E-state index contributed by atoms with van der Waals surface area (Å²) >= 11 is -2.55. The average Bonchev–Trinajstić information content (AvgIpc) is 2.03. The maximum absolute atomic E-state index is 12.8. The molecule has 1 atom stereocenters. The molecule has 4 nitrogen and oxygen atoms in total. The van der Waals surface area contributed by atoms with Gasteiger partial charge in [0.2, 0.25) is 0 Å². The van der Waals surface area contributed by atoms with Crippen molar-refractivity contribution in [1.29, 1.82) is 5.26 Å². The first kappa shape index (κ1) is 9.64. The number of nitriles is 1. The van der Waals surface area contributed by atoms with Crippen LogP contribution >= 0.6 is 0 Å². The molecule has 0 saturated heterocycles. The molecule has 0 aliphatic heterocycles. The van der Waals surface area contributed by atoms with E-state index in [1.807, 2.05) is 0 Å². The zero-order valence-electron chi connectivity index (χ0n) is 6.23. The number of rotatable bonds is 2. The monoisotopic (exact) mass is 201 g/mol. The quantitative estimate of drug-likeness (QED) is 0.730. The minimum Gasteiger partial charge on any atom is -0.379 e. The Hall–Kier alpha value is -1.45. The largest absolute Gasteiger partial charge is 0.379 e. The van der Waals surface area contributed by atoms with Crippen LogP contribution in [-0.4, -0.2) is 8.76 Å². The molecule has 0 aliphatic rings. The van der Waals surface area contributed by atoms with Crippen molar-refractivity contribution in [2.75, 3.05) is 0 Å². The molecule has 1 aromatic rings. The molecule has 0 radical (unpaired) electrons. The Morgan fingerprint density at radius 2 is 2.31 bits per heavy atom. The zero-order chi connectivity index (χ0) is 9.84. The van der Waals surface area contributed by atoms with Crippen LogP contribution in [0.5, 0.6) is 5.75 Å². The van der Waals surface area contributed by atoms with Gasteiger partial charge in [-0.1, -0.05) is 6.07 Å². The fourth-order valence-corrected chi connectivity index (χ4v) is 1.05. The Morgan fingerprint density at radius 3 is 2.85 bits per heavy atom. The third kappa shape index (κ3) is 2.24. The first-order valence-corrected chi connectivity index (χ1v) is 4.16. The SMILES string of the molecule is N#Cc1c(F)cccc1OS(=O)O. The first-order valence-electron chi connectivity index (χ1n) is 3.13. The molecule has 0 aromatic heterocycles. The van der Waals surface area contributed by atoms with Gasteiger partial charge in [0.25, 0.3) is 0 Å². The number of halogens is 1. The van der Waals surface area contributed by atoms with Crippen LogP contribution in [0.1, 0.15) is 5.56 Å². The molecule has 0 spiro atoms. The Balaban J connectivity index is 3.14. The zero-order valence-corrected chi connectivity index (χ0v) is 7.05. The molecule has 0 saturated carbocycles. The van der Waals surface area contributed by atoms with Crippen LogP contribution in [0.4, 0.5) is 4.39 Å². The standard InChI is InChI=1S/C7H4FNO3S/c8-6-2-1-3-7(5(6)4-9)12-13(10)11/h1-3H,(H,10,11). The topological polar surface area (TPSA) is 70.3 Å². The number of hydrogen-bond acceptors (Lipinski definition) is 3. The van der Waals surface area contributed by atoms with Crippen LogP contribution in [0.3, 0.4) is 0 Å². The number of nitrogens with zero attached hydrogens (tertiary/aromatic N) is 1. The maximum Gasteiger partial charge on any atom is 0.357 e. The lowest BCUT2D eigenvalue weighted by molar-refractivity contribution is 0.455. The van der Waals surface area contributed by atoms with Gasteiger partial charge >= 0.3 is 11.4 Å². The van der Waals surface area contributed by atoms with Crippen LogP contribution in [0.15, 0.2) is 18.2 Å². The maximum atomic E-state index is 12.8. The smallest absolute Gasteiger partial charge is 0.357 e. The normalized spacial score (nSPS) is 11.8. The molecule has 0 aliphatic carbocycles. The highest BCUT2D eigenvalue weighted by atomic mass is 32.2. The summed E-state index contributed by atoms with van der Waals surface area (Å²) in [5.74, 6) is -1.03. The van der Waals surface area contributed by atoms with Crippen molar-refractivity contribution in [1.82, 2.24) is 0 Å². The van der Waals surface area contributed by atoms with Gasteiger partial charge in [0.15, 0.2) is 5.75 Å². The Bertz CT molecular complexity index is 388. The summed E-state index contributed by atoms with van der Waals surface area (Å²) in [6, 6.07) is 5.09. The minimum atomic E-state index is -2.55. The minimum absolute atomic E-state index is 0.247. The van der Waals surface area contributed by atoms with Gasteiger partial charge in [0.1, 0.15) is 17.4 Å². The van der Waals surface area contributed by atoms with Gasteiger partial charge in [-0.05, 0) is 12.1 Å². The van der Waals surface area contributed by atoms with Crippen molar-refractivity contribution in [3.05, 3.63) is 29.6 Å². The molecule has 1 unspecified atom stereocenters. The van der Waals surface area contributed by atoms with E-state index in [0.717, 1.165) is 6.07 Å². The van der Waals surface area contributed by atoms with E-state index in [1.165, 1.54) is 18.2 Å².